The van der Waals surface area contributed by atoms with E-state index in [4.69, 9.17) is 16.3 Å². The molecule has 1 aromatic rings. The Morgan fingerprint density at radius 2 is 2.08 bits per heavy atom. The second-order valence-corrected chi connectivity index (χ2v) is 8.01. The first kappa shape index (κ1) is 17.9. The van der Waals surface area contributed by atoms with Crippen LogP contribution >= 0.6 is 23.4 Å². The average molecular weight is 385 g/mol. The van der Waals surface area contributed by atoms with E-state index >= 15 is 0 Å². The number of nitrogens with zero attached hydrogens (tertiary/aromatic N) is 1. The number of carbonyl (C=O) groups is 3. The Hall–Kier alpha value is -1.93. The van der Waals surface area contributed by atoms with Crippen LogP contribution in [0.5, 0.6) is 5.75 Å². The highest BCUT2D eigenvalue weighted by Gasteiger charge is 2.65. The minimum atomic E-state index is -1.09. The van der Waals surface area contributed by atoms with E-state index in [1.54, 1.807) is 31.2 Å². The maximum absolute atomic E-state index is 12.3. The van der Waals surface area contributed by atoms with Crippen molar-refractivity contribution in [3.8, 4) is 5.75 Å². The van der Waals surface area contributed by atoms with Gasteiger partial charge in [0.1, 0.15) is 23.2 Å². The van der Waals surface area contributed by atoms with Crippen LogP contribution < -0.4 is 10.1 Å². The van der Waals surface area contributed by atoms with Crippen molar-refractivity contribution >= 4 is 41.1 Å². The van der Waals surface area contributed by atoms with Gasteiger partial charge in [-0.25, -0.2) is 4.79 Å². The molecule has 2 saturated heterocycles. The second-order valence-electron chi connectivity index (χ2n) is 6.09. The van der Waals surface area contributed by atoms with Crippen LogP contribution in [-0.4, -0.2) is 62.5 Å². The highest BCUT2D eigenvalue weighted by atomic mass is 35.5. The normalized spacial score (nSPS) is 30.4. The molecule has 0 saturated carbocycles. The number of aliphatic carboxylic acids is 1. The fraction of sp³-hybridized carbons (Fsp3) is 0.438. The number of thioether (sulfide) groups is 1. The molecule has 0 aromatic heterocycles. The number of benzene rings is 1. The number of carboxylic acids is 1. The van der Waals surface area contributed by atoms with Gasteiger partial charge in [0.2, 0.25) is 5.91 Å². The first-order valence-electron chi connectivity index (χ1n) is 7.63. The van der Waals surface area contributed by atoms with Crippen molar-refractivity contribution in [2.24, 2.45) is 0 Å². The Morgan fingerprint density at radius 3 is 2.68 bits per heavy atom. The van der Waals surface area contributed by atoms with E-state index in [0.29, 0.717) is 5.75 Å². The van der Waals surface area contributed by atoms with Crippen LogP contribution in [0.2, 0.25) is 0 Å². The molecule has 0 bridgehead atoms. The van der Waals surface area contributed by atoms with Crippen LogP contribution in [0.25, 0.3) is 0 Å². The third kappa shape index (κ3) is 3.16. The number of amides is 2. The molecule has 0 spiro atoms. The van der Waals surface area contributed by atoms with Gasteiger partial charge in [0.25, 0.3) is 5.91 Å². The predicted molar refractivity (Wildman–Crippen MR) is 92.6 cm³/mol. The number of halogens is 1. The smallest absolute Gasteiger partial charge is 0.327 e. The Balaban J connectivity index is 1.61. The summed E-state index contributed by atoms with van der Waals surface area (Å²) in [6.45, 7) is 1.49. The number of para-hydroxylation sites is 1. The molecule has 0 aliphatic carbocycles. The molecule has 0 unspecified atom stereocenters. The van der Waals surface area contributed by atoms with E-state index in [9.17, 15) is 19.5 Å². The zero-order chi connectivity index (χ0) is 18.2. The highest BCUT2D eigenvalue weighted by Crippen LogP contribution is 2.51. The number of carboxylic acid groups (broad SMARTS) is 1. The standard InChI is InChI=1S/C16H17ClN2O5S/c1-16(8-17)12(15(22)23)19-13(21)11(14(19)25-16)18-10(20)7-24-9-5-3-2-4-6-9/h2-6,11-12,14H,7-8H2,1H3,(H,18,20)(H,22,23)/t11-,12+,14-,16+/m1/s1. The summed E-state index contributed by atoms with van der Waals surface area (Å²) < 4.78 is 4.55. The number of alkyl halides is 1. The number of β-lactam (4-membered cyclic amide) rings is 1. The van der Waals surface area contributed by atoms with Crippen LogP contribution in [-0.2, 0) is 14.4 Å². The number of ether oxygens (including phenoxy) is 1. The summed E-state index contributed by atoms with van der Waals surface area (Å²) in [4.78, 5) is 37.2. The molecule has 2 amide bonds. The minimum absolute atomic E-state index is 0.0900. The summed E-state index contributed by atoms with van der Waals surface area (Å²) in [5.41, 5.74) is 0. The summed E-state index contributed by atoms with van der Waals surface area (Å²) in [6.07, 6.45) is 0. The van der Waals surface area contributed by atoms with Crippen LogP contribution in [0, 0.1) is 0 Å². The lowest BCUT2D eigenvalue weighted by molar-refractivity contribution is -0.161. The molecule has 1 aromatic carbocycles. The van der Waals surface area contributed by atoms with Gasteiger partial charge in [0.05, 0.1) is 4.75 Å². The first-order valence-corrected chi connectivity index (χ1v) is 9.05. The minimum Gasteiger partial charge on any atom is -0.484 e. The molecule has 4 atom stereocenters. The summed E-state index contributed by atoms with van der Waals surface area (Å²) in [5, 5.41) is 11.6. The Kier molecular flexibility index (Phi) is 4.83. The molecule has 134 valence electrons. The zero-order valence-corrected chi connectivity index (χ0v) is 14.9. The fourth-order valence-electron chi connectivity index (χ4n) is 3.02. The van der Waals surface area contributed by atoms with E-state index in [1.165, 1.54) is 16.7 Å². The SMILES string of the molecule is C[C@@]1(CCl)S[C@@H]2[C@H](NC(=O)COc3ccccc3)C(=O)N2[C@H]1C(=O)O. The molecule has 25 heavy (non-hydrogen) atoms. The van der Waals surface area contributed by atoms with Crippen LogP contribution in [0.4, 0.5) is 0 Å². The van der Waals surface area contributed by atoms with E-state index in [-0.39, 0.29) is 12.5 Å². The van der Waals surface area contributed by atoms with E-state index < -0.39 is 40.0 Å². The van der Waals surface area contributed by atoms with Gasteiger partial charge in [-0.3, -0.25) is 9.59 Å². The number of nitrogens with one attached hydrogen (secondary N) is 1. The van der Waals surface area contributed by atoms with Gasteiger partial charge >= 0.3 is 5.97 Å². The molecule has 0 radical (unpaired) electrons. The van der Waals surface area contributed by atoms with Crippen molar-refractivity contribution in [1.82, 2.24) is 10.2 Å². The predicted octanol–water partition coefficient (Wildman–Crippen LogP) is 0.916. The van der Waals surface area contributed by atoms with E-state index in [2.05, 4.69) is 5.32 Å². The van der Waals surface area contributed by atoms with Gasteiger partial charge < -0.3 is 20.1 Å². The van der Waals surface area contributed by atoms with Gasteiger partial charge in [0.15, 0.2) is 6.61 Å². The van der Waals surface area contributed by atoms with Crippen molar-refractivity contribution in [2.45, 2.75) is 29.1 Å². The van der Waals surface area contributed by atoms with Gasteiger partial charge in [-0.1, -0.05) is 18.2 Å². The average Bonchev–Trinajstić information content (AvgIpc) is 2.89. The number of hydrogen-bond acceptors (Lipinski definition) is 5. The highest BCUT2D eigenvalue weighted by molar-refractivity contribution is 8.01. The number of hydrogen-bond donors (Lipinski definition) is 2. The molecule has 9 heteroatoms. The number of fused-ring (bicyclic) bond motifs is 1. The molecular weight excluding hydrogens is 368 g/mol. The molecule has 3 rings (SSSR count). The summed E-state index contributed by atoms with van der Waals surface area (Å²) in [5.74, 6) is -1.30. The van der Waals surface area contributed by atoms with Crippen molar-refractivity contribution in [2.75, 3.05) is 12.5 Å². The maximum atomic E-state index is 12.3. The molecule has 2 heterocycles. The Labute approximate surface area is 153 Å². The van der Waals surface area contributed by atoms with Crippen molar-refractivity contribution < 1.29 is 24.2 Å². The summed E-state index contributed by atoms with van der Waals surface area (Å²) >= 11 is 7.24. The monoisotopic (exact) mass is 384 g/mol. The van der Waals surface area contributed by atoms with Gasteiger partial charge in [-0.15, -0.1) is 23.4 Å². The largest absolute Gasteiger partial charge is 0.484 e. The maximum Gasteiger partial charge on any atom is 0.327 e. The first-order chi connectivity index (χ1) is 11.9. The van der Waals surface area contributed by atoms with Gasteiger partial charge in [0, 0.05) is 5.88 Å². The fourth-order valence-corrected chi connectivity index (χ4v) is 4.97. The summed E-state index contributed by atoms with van der Waals surface area (Å²) in [6, 6.07) is 7.09. The third-order valence-electron chi connectivity index (χ3n) is 4.26. The summed E-state index contributed by atoms with van der Waals surface area (Å²) in [7, 11) is 0. The quantitative estimate of drug-likeness (QED) is 0.559. The Bertz CT molecular complexity index is 703. The number of rotatable bonds is 6. The molecule has 2 fully saturated rings. The molecular formula is C16H17ClN2O5S. The van der Waals surface area contributed by atoms with Gasteiger partial charge in [-0.05, 0) is 19.1 Å². The number of carbonyl (C=O) groups excluding carboxylic acids is 2. The van der Waals surface area contributed by atoms with E-state index in [0.717, 1.165) is 0 Å². The third-order valence-corrected chi connectivity index (χ3v) is 6.62. The van der Waals surface area contributed by atoms with Crippen LogP contribution in [0.1, 0.15) is 6.92 Å². The molecule has 7 nitrogen and oxygen atoms in total. The molecule has 2 aliphatic rings. The lowest BCUT2D eigenvalue weighted by Gasteiger charge is -2.43. The van der Waals surface area contributed by atoms with Gasteiger partial charge in [-0.2, -0.15) is 0 Å². The zero-order valence-electron chi connectivity index (χ0n) is 13.3. The lowest BCUT2D eigenvalue weighted by atomic mass is 9.96. The molecule has 2 N–H and O–H groups in total. The van der Waals surface area contributed by atoms with Crippen LogP contribution in [0.15, 0.2) is 30.3 Å². The molecule has 2 aliphatic heterocycles. The van der Waals surface area contributed by atoms with E-state index in [1.807, 2.05) is 6.07 Å². The van der Waals surface area contributed by atoms with Crippen molar-refractivity contribution in [3.05, 3.63) is 30.3 Å². The topological polar surface area (TPSA) is 95.9 Å². The van der Waals surface area contributed by atoms with Crippen LogP contribution in [0.3, 0.4) is 0 Å². The van der Waals surface area contributed by atoms with Crippen molar-refractivity contribution in [3.63, 3.8) is 0 Å². The second kappa shape index (κ2) is 6.76. The Morgan fingerprint density at radius 1 is 1.40 bits per heavy atom. The van der Waals surface area contributed by atoms with Crippen molar-refractivity contribution in [1.29, 1.82) is 0 Å². The lowest BCUT2D eigenvalue weighted by Crippen LogP contribution is -2.71.